The summed E-state index contributed by atoms with van der Waals surface area (Å²) >= 11 is 0. The van der Waals surface area contributed by atoms with Crippen LogP contribution in [0.2, 0.25) is 0 Å². The maximum Gasteiger partial charge on any atom is 0.248 e. The minimum atomic E-state index is -1.25. The van der Waals surface area contributed by atoms with E-state index in [0.717, 1.165) is 0 Å². The average molecular weight is 225 g/mol. The Morgan fingerprint density at radius 2 is 2.12 bits per heavy atom. The van der Waals surface area contributed by atoms with Crippen molar-refractivity contribution in [3.05, 3.63) is 11.4 Å². The molecule has 0 spiro atoms. The van der Waals surface area contributed by atoms with Gasteiger partial charge >= 0.3 is 0 Å². The number of carbonyl (C=O) groups excluding carboxylic acids is 1. The fraction of sp³-hybridized carbons (Fsp3) is 0.444. The molecule has 0 bridgehead atoms. The molecule has 88 valence electrons. The Labute approximate surface area is 92.9 Å². The molecule has 0 radical (unpaired) electrons. The van der Waals surface area contributed by atoms with Gasteiger partial charge in [0.15, 0.2) is 0 Å². The minimum Gasteiger partial charge on any atom is -0.383 e. The topological polar surface area (TPSA) is 127 Å². The van der Waals surface area contributed by atoms with E-state index in [1.807, 2.05) is 0 Å². The third-order valence-electron chi connectivity index (χ3n) is 2.09. The number of hydrogen-bond donors (Lipinski definition) is 4. The van der Waals surface area contributed by atoms with Crippen LogP contribution in [0, 0.1) is 13.8 Å². The van der Waals surface area contributed by atoms with Gasteiger partial charge < -0.3 is 21.9 Å². The van der Waals surface area contributed by atoms with Gasteiger partial charge in [0.1, 0.15) is 23.6 Å². The summed E-state index contributed by atoms with van der Waals surface area (Å²) in [5.74, 6) is 0.580. The molecule has 6 N–H and O–H groups in total. The van der Waals surface area contributed by atoms with Crippen molar-refractivity contribution in [2.75, 3.05) is 17.6 Å². The average Bonchev–Trinajstić information content (AvgIpc) is 2.20. The van der Waals surface area contributed by atoms with E-state index in [1.54, 1.807) is 13.8 Å². The van der Waals surface area contributed by atoms with E-state index in [9.17, 15) is 9.90 Å². The van der Waals surface area contributed by atoms with E-state index in [-0.39, 0.29) is 6.54 Å². The van der Waals surface area contributed by atoms with E-state index >= 15 is 0 Å². The molecule has 7 nitrogen and oxygen atoms in total. The molecule has 1 aromatic rings. The number of primary amides is 1. The number of aromatic nitrogens is 2. The molecular formula is C9H15N5O2. The minimum absolute atomic E-state index is 0.00787. The number of nitrogen functional groups attached to an aromatic ring is 1. The lowest BCUT2D eigenvalue weighted by Gasteiger charge is -2.12. The van der Waals surface area contributed by atoms with Gasteiger partial charge in [-0.25, -0.2) is 9.97 Å². The summed E-state index contributed by atoms with van der Waals surface area (Å²) < 4.78 is 0. The number of amides is 1. The second-order valence-electron chi connectivity index (χ2n) is 3.43. The second-order valence-corrected chi connectivity index (χ2v) is 3.43. The number of nitrogens with one attached hydrogen (secondary N) is 1. The zero-order valence-corrected chi connectivity index (χ0v) is 9.19. The zero-order chi connectivity index (χ0) is 12.3. The smallest absolute Gasteiger partial charge is 0.248 e. The number of anilines is 2. The van der Waals surface area contributed by atoms with Gasteiger partial charge in [-0.1, -0.05) is 0 Å². The van der Waals surface area contributed by atoms with Crippen LogP contribution < -0.4 is 16.8 Å². The summed E-state index contributed by atoms with van der Waals surface area (Å²) in [6.07, 6.45) is -1.25. The summed E-state index contributed by atoms with van der Waals surface area (Å²) in [7, 11) is 0. The molecule has 1 aromatic heterocycles. The zero-order valence-electron chi connectivity index (χ0n) is 9.19. The van der Waals surface area contributed by atoms with Gasteiger partial charge in [0.25, 0.3) is 0 Å². The Kier molecular flexibility index (Phi) is 3.62. The van der Waals surface area contributed by atoms with Gasteiger partial charge in [-0.2, -0.15) is 0 Å². The van der Waals surface area contributed by atoms with Gasteiger partial charge in [0.05, 0.1) is 6.54 Å². The highest BCUT2D eigenvalue weighted by Gasteiger charge is 2.12. The number of aliphatic hydroxyl groups is 1. The lowest BCUT2D eigenvalue weighted by atomic mass is 10.3. The van der Waals surface area contributed by atoms with Gasteiger partial charge in [-0.3, -0.25) is 4.79 Å². The number of aliphatic hydroxyl groups excluding tert-OH is 1. The molecule has 0 aliphatic carbocycles. The normalized spacial score (nSPS) is 12.2. The number of nitrogens with zero attached hydrogens (tertiary/aromatic N) is 2. The summed E-state index contributed by atoms with van der Waals surface area (Å²) in [6.45, 7) is 3.44. The van der Waals surface area contributed by atoms with Gasteiger partial charge in [-0.15, -0.1) is 0 Å². The molecule has 1 atom stereocenters. The van der Waals surface area contributed by atoms with Crippen LogP contribution in [0.4, 0.5) is 11.6 Å². The van der Waals surface area contributed by atoms with E-state index in [2.05, 4.69) is 15.3 Å². The molecule has 7 heteroatoms. The molecule has 0 saturated carbocycles. The maximum atomic E-state index is 10.6. The molecule has 0 fully saturated rings. The van der Waals surface area contributed by atoms with Crippen LogP contribution in [0.1, 0.15) is 11.4 Å². The van der Waals surface area contributed by atoms with E-state index in [4.69, 9.17) is 11.5 Å². The summed E-state index contributed by atoms with van der Waals surface area (Å²) in [4.78, 5) is 18.7. The van der Waals surface area contributed by atoms with Crippen LogP contribution in [0.15, 0.2) is 0 Å². The van der Waals surface area contributed by atoms with Crippen LogP contribution in [0.3, 0.4) is 0 Å². The van der Waals surface area contributed by atoms with Crippen LogP contribution in [-0.4, -0.2) is 33.6 Å². The standard InChI is InChI=1S/C9H15N5O2/c1-4-7(10)13-5(2)14-9(4)12-3-6(15)8(11)16/h6,15H,3H2,1-2H3,(H2,11,16)(H3,10,12,13,14). The first-order valence-corrected chi connectivity index (χ1v) is 4.73. The lowest BCUT2D eigenvalue weighted by Crippen LogP contribution is -2.34. The quantitative estimate of drug-likeness (QED) is 0.517. The SMILES string of the molecule is Cc1nc(N)c(C)c(NCC(O)C(N)=O)n1. The van der Waals surface area contributed by atoms with E-state index < -0.39 is 12.0 Å². The van der Waals surface area contributed by atoms with Crippen molar-refractivity contribution in [3.8, 4) is 0 Å². The third kappa shape index (κ3) is 2.80. The summed E-state index contributed by atoms with van der Waals surface area (Å²) in [5.41, 5.74) is 11.2. The van der Waals surface area contributed by atoms with Crippen LogP contribution >= 0.6 is 0 Å². The van der Waals surface area contributed by atoms with Crippen molar-refractivity contribution in [2.45, 2.75) is 20.0 Å². The molecule has 0 aliphatic heterocycles. The van der Waals surface area contributed by atoms with Crippen molar-refractivity contribution in [2.24, 2.45) is 5.73 Å². The molecule has 0 aliphatic rings. The maximum absolute atomic E-state index is 10.6. The Morgan fingerprint density at radius 3 is 2.69 bits per heavy atom. The number of rotatable bonds is 4. The van der Waals surface area contributed by atoms with Crippen molar-refractivity contribution >= 4 is 17.5 Å². The van der Waals surface area contributed by atoms with E-state index in [0.29, 0.717) is 23.0 Å². The lowest BCUT2D eigenvalue weighted by molar-refractivity contribution is -0.125. The molecule has 1 rings (SSSR count). The highest BCUT2D eigenvalue weighted by Crippen LogP contribution is 2.16. The molecular weight excluding hydrogens is 210 g/mol. The first-order valence-electron chi connectivity index (χ1n) is 4.73. The number of nitrogens with two attached hydrogens (primary N) is 2. The van der Waals surface area contributed by atoms with Gasteiger partial charge in [0, 0.05) is 5.56 Å². The highest BCUT2D eigenvalue weighted by molar-refractivity contribution is 5.79. The van der Waals surface area contributed by atoms with Crippen LogP contribution in [0.25, 0.3) is 0 Å². The summed E-state index contributed by atoms with van der Waals surface area (Å²) in [5, 5.41) is 12.0. The Balaban J connectivity index is 2.78. The predicted molar refractivity (Wildman–Crippen MR) is 59.6 cm³/mol. The Hall–Kier alpha value is -1.89. The first kappa shape index (κ1) is 12.2. The molecule has 0 aromatic carbocycles. The fourth-order valence-corrected chi connectivity index (χ4v) is 1.12. The fourth-order valence-electron chi connectivity index (χ4n) is 1.12. The first-order chi connectivity index (χ1) is 7.41. The second kappa shape index (κ2) is 4.75. The number of carbonyl (C=O) groups is 1. The van der Waals surface area contributed by atoms with Crippen molar-refractivity contribution in [1.29, 1.82) is 0 Å². The monoisotopic (exact) mass is 225 g/mol. The molecule has 1 amide bonds. The van der Waals surface area contributed by atoms with Crippen molar-refractivity contribution in [3.63, 3.8) is 0 Å². The van der Waals surface area contributed by atoms with Crippen molar-refractivity contribution in [1.82, 2.24) is 9.97 Å². The molecule has 1 unspecified atom stereocenters. The highest BCUT2D eigenvalue weighted by atomic mass is 16.3. The largest absolute Gasteiger partial charge is 0.383 e. The third-order valence-corrected chi connectivity index (χ3v) is 2.09. The van der Waals surface area contributed by atoms with Gasteiger partial charge in [-0.05, 0) is 13.8 Å². The molecule has 16 heavy (non-hydrogen) atoms. The van der Waals surface area contributed by atoms with Gasteiger partial charge in [0.2, 0.25) is 5.91 Å². The van der Waals surface area contributed by atoms with Crippen LogP contribution in [-0.2, 0) is 4.79 Å². The Bertz CT molecular complexity index is 407. The van der Waals surface area contributed by atoms with Crippen LogP contribution in [0.5, 0.6) is 0 Å². The van der Waals surface area contributed by atoms with E-state index in [1.165, 1.54) is 0 Å². The summed E-state index contributed by atoms with van der Waals surface area (Å²) in [6, 6.07) is 0. The number of hydrogen-bond acceptors (Lipinski definition) is 6. The predicted octanol–water partition coefficient (Wildman–Crippen LogP) is -1.07. The Morgan fingerprint density at radius 1 is 1.50 bits per heavy atom. The number of aryl methyl sites for hydroxylation is 1. The van der Waals surface area contributed by atoms with Crippen molar-refractivity contribution < 1.29 is 9.90 Å². The molecule has 1 heterocycles. The molecule has 0 saturated heterocycles.